The van der Waals surface area contributed by atoms with Crippen LogP contribution in [0.15, 0.2) is 76.0 Å². The summed E-state index contributed by atoms with van der Waals surface area (Å²) in [5.41, 5.74) is 3.73. The van der Waals surface area contributed by atoms with Crippen LogP contribution in [-0.4, -0.2) is 31.1 Å². The molecule has 1 heterocycles. The van der Waals surface area contributed by atoms with E-state index in [2.05, 4.69) is 13.2 Å². The van der Waals surface area contributed by atoms with Gasteiger partial charge in [-0.15, -0.1) is 0 Å². The predicted octanol–water partition coefficient (Wildman–Crippen LogP) is 6.27. The van der Waals surface area contributed by atoms with Gasteiger partial charge in [0.2, 0.25) is 0 Å². The fourth-order valence-corrected chi connectivity index (χ4v) is 4.21. The van der Waals surface area contributed by atoms with Gasteiger partial charge in [0.25, 0.3) is 0 Å². The van der Waals surface area contributed by atoms with Gasteiger partial charge >= 0.3 is 23.5 Å². The molecule has 3 rings (SSSR count). The van der Waals surface area contributed by atoms with E-state index in [0.29, 0.717) is 60.5 Å². The first-order valence-corrected chi connectivity index (χ1v) is 13.6. The lowest BCUT2D eigenvalue weighted by molar-refractivity contribution is -0.141. The minimum atomic E-state index is -0.521. The van der Waals surface area contributed by atoms with Crippen molar-refractivity contribution in [2.45, 2.75) is 59.3 Å². The molecule has 0 fully saturated rings. The van der Waals surface area contributed by atoms with Crippen LogP contribution in [0.4, 0.5) is 0 Å². The number of carbonyl (C=O) groups is 3. The molecule has 0 aliphatic rings. The Morgan fingerprint density at radius 1 is 0.780 bits per heavy atom. The molecule has 0 spiro atoms. The molecule has 2 aromatic carbocycles. The van der Waals surface area contributed by atoms with E-state index < -0.39 is 17.6 Å². The van der Waals surface area contributed by atoms with Gasteiger partial charge in [0.1, 0.15) is 11.3 Å². The number of fused-ring (bicyclic) bond motifs is 1. The van der Waals surface area contributed by atoms with Crippen LogP contribution >= 0.6 is 0 Å². The normalized spacial score (nSPS) is 10.7. The lowest BCUT2D eigenvalue weighted by Crippen LogP contribution is -2.08. The summed E-state index contributed by atoms with van der Waals surface area (Å²) in [6, 6.07) is 12.4. The molecule has 0 amide bonds. The maximum absolute atomic E-state index is 13.1. The summed E-state index contributed by atoms with van der Waals surface area (Å²) < 4.78 is 21.4. The van der Waals surface area contributed by atoms with Crippen molar-refractivity contribution in [3.05, 3.63) is 88.3 Å². The second kappa shape index (κ2) is 14.8. The Bertz CT molecular complexity index is 1490. The number of esters is 3. The molecule has 8 heteroatoms. The van der Waals surface area contributed by atoms with Gasteiger partial charge in [0, 0.05) is 23.5 Å². The SMILES string of the molecule is C=C(C)C(=O)OCCCCc1ccc2cc(-c3ccc(OC(=O)C(=C)C)cc3)c(=O)oc2c1CCCCOC(C)=O. The van der Waals surface area contributed by atoms with Crippen LogP contribution in [0.1, 0.15) is 57.6 Å². The van der Waals surface area contributed by atoms with E-state index >= 15 is 0 Å². The number of hydrogen-bond acceptors (Lipinski definition) is 8. The van der Waals surface area contributed by atoms with Crippen molar-refractivity contribution >= 4 is 28.9 Å². The number of rotatable bonds is 14. The molecule has 0 bridgehead atoms. The third-order valence-electron chi connectivity index (χ3n) is 6.38. The summed E-state index contributed by atoms with van der Waals surface area (Å²) in [6.07, 6.45) is 4.24. The van der Waals surface area contributed by atoms with Crippen LogP contribution in [-0.2, 0) is 36.7 Å². The monoisotopic (exact) mass is 560 g/mol. The van der Waals surface area contributed by atoms with Gasteiger partial charge in [0.05, 0.1) is 18.8 Å². The molecule has 0 saturated carbocycles. The number of ether oxygens (including phenoxy) is 3. The number of benzene rings is 2. The van der Waals surface area contributed by atoms with Gasteiger partial charge in [0.15, 0.2) is 0 Å². The Labute approximate surface area is 239 Å². The molecule has 0 unspecified atom stereocenters. The summed E-state index contributed by atoms with van der Waals surface area (Å²) in [5.74, 6) is -0.887. The van der Waals surface area contributed by atoms with E-state index in [1.54, 1.807) is 44.2 Å². The molecular weight excluding hydrogens is 524 g/mol. The Hall–Kier alpha value is -4.46. The second-order valence-corrected chi connectivity index (χ2v) is 9.93. The van der Waals surface area contributed by atoms with Crippen LogP contribution in [0.2, 0.25) is 0 Å². The first-order chi connectivity index (χ1) is 19.6. The van der Waals surface area contributed by atoms with Gasteiger partial charge in [-0.05, 0) is 87.3 Å². The third-order valence-corrected chi connectivity index (χ3v) is 6.38. The lowest BCUT2D eigenvalue weighted by Gasteiger charge is -2.13. The zero-order valence-corrected chi connectivity index (χ0v) is 23.9. The van der Waals surface area contributed by atoms with Crippen molar-refractivity contribution in [1.29, 1.82) is 0 Å². The van der Waals surface area contributed by atoms with Gasteiger partial charge < -0.3 is 18.6 Å². The van der Waals surface area contributed by atoms with Crippen molar-refractivity contribution < 1.29 is 33.0 Å². The second-order valence-electron chi connectivity index (χ2n) is 9.93. The van der Waals surface area contributed by atoms with Crippen LogP contribution in [0, 0.1) is 0 Å². The molecular formula is C33H36O8. The molecule has 216 valence electrons. The smallest absolute Gasteiger partial charge is 0.344 e. The number of carbonyl (C=O) groups excluding carboxylic acids is 3. The van der Waals surface area contributed by atoms with E-state index in [4.69, 9.17) is 18.6 Å². The minimum Gasteiger partial charge on any atom is -0.466 e. The van der Waals surface area contributed by atoms with E-state index in [1.807, 2.05) is 12.1 Å². The van der Waals surface area contributed by atoms with Crippen molar-refractivity contribution in [2.24, 2.45) is 0 Å². The molecule has 0 aliphatic heterocycles. The van der Waals surface area contributed by atoms with Gasteiger partial charge in [-0.2, -0.15) is 0 Å². The molecule has 41 heavy (non-hydrogen) atoms. The van der Waals surface area contributed by atoms with E-state index in [9.17, 15) is 19.2 Å². The van der Waals surface area contributed by atoms with Gasteiger partial charge in [-0.25, -0.2) is 14.4 Å². The topological polar surface area (TPSA) is 109 Å². The summed E-state index contributed by atoms with van der Waals surface area (Å²) >= 11 is 0. The average molecular weight is 561 g/mol. The largest absolute Gasteiger partial charge is 0.466 e. The van der Waals surface area contributed by atoms with Crippen LogP contribution in [0.25, 0.3) is 22.1 Å². The van der Waals surface area contributed by atoms with Crippen molar-refractivity contribution in [2.75, 3.05) is 13.2 Å². The fourth-order valence-electron chi connectivity index (χ4n) is 4.21. The molecule has 1 aromatic heterocycles. The highest BCUT2D eigenvalue weighted by Crippen LogP contribution is 2.29. The predicted molar refractivity (Wildman–Crippen MR) is 157 cm³/mol. The Morgan fingerprint density at radius 2 is 1.41 bits per heavy atom. The standard InChI is InChI=1S/C33H36O8/c1-21(2)31(35)39-19-8-6-10-24-12-13-26-20-29(25-14-16-27(17-15-25)40-32(36)22(3)4)33(37)41-30(26)28(24)11-7-9-18-38-23(5)34/h12-17,20H,1,3,6-11,18-19H2,2,4-5H3. The lowest BCUT2D eigenvalue weighted by atomic mass is 9.94. The minimum absolute atomic E-state index is 0.289. The maximum atomic E-state index is 13.1. The van der Waals surface area contributed by atoms with E-state index in [-0.39, 0.29) is 11.5 Å². The summed E-state index contributed by atoms with van der Waals surface area (Å²) in [6.45, 7) is 12.4. The number of aryl methyl sites for hydroxylation is 2. The number of unbranched alkanes of at least 4 members (excludes halogenated alkanes) is 2. The highest BCUT2D eigenvalue weighted by atomic mass is 16.5. The van der Waals surface area contributed by atoms with Crippen LogP contribution in [0.3, 0.4) is 0 Å². The quantitative estimate of drug-likeness (QED) is 0.0746. The van der Waals surface area contributed by atoms with Gasteiger partial charge in [-0.1, -0.05) is 37.4 Å². The molecule has 0 saturated heterocycles. The van der Waals surface area contributed by atoms with Crippen molar-refractivity contribution in [1.82, 2.24) is 0 Å². The molecule has 8 nitrogen and oxygen atoms in total. The zero-order chi connectivity index (χ0) is 29.9. The van der Waals surface area contributed by atoms with E-state index in [1.165, 1.54) is 6.92 Å². The summed E-state index contributed by atoms with van der Waals surface area (Å²) in [4.78, 5) is 47.6. The molecule has 0 radical (unpaired) electrons. The van der Waals surface area contributed by atoms with Gasteiger partial charge in [-0.3, -0.25) is 4.79 Å². The number of hydrogen-bond donors (Lipinski definition) is 0. The third kappa shape index (κ3) is 9.03. The van der Waals surface area contributed by atoms with Crippen molar-refractivity contribution in [3.63, 3.8) is 0 Å². The molecule has 0 atom stereocenters. The first-order valence-electron chi connectivity index (χ1n) is 13.6. The van der Waals surface area contributed by atoms with Crippen LogP contribution in [0.5, 0.6) is 5.75 Å². The Balaban J connectivity index is 1.84. The molecule has 3 aromatic rings. The Kier molecular flexibility index (Phi) is 11.2. The fraction of sp³-hybridized carbons (Fsp3) is 0.333. The maximum Gasteiger partial charge on any atom is 0.344 e. The summed E-state index contributed by atoms with van der Waals surface area (Å²) in [7, 11) is 0. The zero-order valence-electron chi connectivity index (χ0n) is 23.9. The Morgan fingerprint density at radius 3 is 2.05 bits per heavy atom. The first kappa shape index (κ1) is 31.1. The molecule has 0 N–H and O–H groups in total. The van der Waals surface area contributed by atoms with E-state index in [0.717, 1.165) is 35.8 Å². The van der Waals surface area contributed by atoms with Crippen LogP contribution < -0.4 is 10.4 Å². The molecule has 0 aliphatic carbocycles. The highest BCUT2D eigenvalue weighted by Gasteiger charge is 2.15. The van der Waals surface area contributed by atoms with Crippen molar-refractivity contribution in [3.8, 4) is 16.9 Å². The average Bonchev–Trinajstić information content (AvgIpc) is 2.93. The summed E-state index contributed by atoms with van der Waals surface area (Å²) in [5, 5.41) is 0.784. The highest BCUT2D eigenvalue weighted by molar-refractivity contribution is 5.89.